The van der Waals surface area contributed by atoms with Crippen molar-refractivity contribution in [2.45, 2.75) is 32.0 Å². The molecule has 0 amide bonds. The van der Waals surface area contributed by atoms with Crippen LogP contribution < -0.4 is 5.32 Å². The topological polar surface area (TPSA) is 51.1 Å². The Bertz CT molecular complexity index is 531. The summed E-state index contributed by atoms with van der Waals surface area (Å²) < 4.78 is 0. The summed E-state index contributed by atoms with van der Waals surface area (Å²) in [5.41, 5.74) is 2.65. The summed E-state index contributed by atoms with van der Waals surface area (Å²) in [5.74, 6) is 0.998. The highest BCUT2D eigenvalue weighted by Gasteiger charge is 2.20. The SMILES string of the molecule is CN1CCCN=C1NCc1ccccc1CN1CCC(O)C1. The van der Waals surface area contributed by atoms with Crippen molar-refractivity contribution < 1.29 is 5.11 Å². The van der Waals surface area contributed by atoms with Crippen molar-refractivity contribution in [1.82, 2.24) is 15.1 Å². The van der Waals surface area contributed by atoms with Gasteiger partial charge in [0.1, 0.15) is 0 Å². The number of benzene rings is 1. The van der Waals surface area contributed by atoms with Crippen molar-refractivity contribution in [3.8, 4) is 0 Å². The molecule has 1 saturated heterocycles. The summed E-state index contributed by atoms with van der Waals surface area (Å²) in [6.07, 6.45) is 1.87. The summed E-state index contributed by atoms with van der Waals surface area (Å²) >= 11 is 0. The fraction of sp³-hybridized carbons (Fsp3) is 0.588. The first-order valence-electron chi connectivity index (χ1n) is 8.19. The number of aliphatic hydroxyl groups excluding tert-OH is 1. The van der Waals surface area contributed by atoms with E-state index >= 15 is 0 Å². The van der Waals surface area contributed by atoms with Gasteiger partial charge in [-0.05, 0) is 24.0 Å². The molecule has 0 saturated carbocycles. The Morgan fingerprint density at radius 2 is 2.09 bits per heavy atom. The minimum absolute atomic E-state index is 0.157. The van der Waals surface area contributed by atoms with Gasteiger partial charge in [0, 0.05) is 46.3 Å². The molecule has 2 aliphatic heterocycles. The molecule has 1 aromatic rings. The number of hydrogen-bond donors (Lipinski definition) is 2. The first-order chi connectivity index (χ1) is 10.7. The molecule has 2 N–H and O–H groups in total. The van der Waals surface area contributed by atoms with E-state index in [1.54, 1.807) is 0 Å². The molecule has 5 heteroatoms. The lowest BCUT2D eigenvalue weighted by molar-refractivity contribution is 0.174. The molecule has 120 valence electrons. The number of guanidine groups is 1. The third-order valence-corrected chi connectivity index (χ3v) is 4.47. The fourth-order valence-electron chi connectivity index (χ4n) is 3.17. The smallest absolute Gasteiger partial charge is 0.193 e. The number of hydrogen-bond acceptors (Lipinski definition) is 5. The predicted octanol–water partition coefficient (Wildman–Crippen LogP) is 1.03. The van der Waals surface area contributed by atoms with Crippen LogP contribution in [-0.4, -0.2) is 60.2 Å². The summed E-state index contributed by atoms with van der Waals surface area (Å²) in [6, 6.07) is 8.55. The Labute approximate surface area is 132 Å². The Morgan fingerprint density at radius 3 is 2.82 bits per heavy atom. The van der Waals surface area contributed by atoms with Crippen molar-refractivity contribution in [2.75, 3.05) is 33.2 Å². The van der Waals surface area contributed by atoms with Crippen LogP contribution in [0.25, 0.3) is 0 Å². The zero-order valence-electron chi connectivity index (χ0n) is 13.3. The van der Waals surface area contributed by atoms with Crippen LogP contribution in [0.5, 0.6) is 0 Å². The monoisotopic (exact) mass is 302 g/mol. The van der Waals surface area contributed by atoms with E-state index in [0.717, 1.165) is 58.1 Å². The van der Waals surface area contributed by atoms with Gasteiger partial charge >= 0.3 is 0 Å². The molecule has 1 unspecified atom stereocenters. The molecule has 0 bridgehead atoms. The molecule has 1 fully saturated rings. The number of nitrogens with one attached hydrogen (secondary N) is 1. The van der Waals surface area contributed by atoms with Gasteiger partial charge in [-0.3, -0.25) is 9.89 Å². The van der Waals surface area contributed by atoms with Gasteiger partial charge in [-0.15, -0.1) is 0 Å². The molecule has 0 aliphatic carbocycles. The van der Waals surface area contributed by atoms with Gasteiger partial charge in [0.05, 0.1) is 6.10 Å². The van der Waals surface area contributed by atoms with E-state index < -0.39 is 0 Å². The average molecular weight is 302 g/mol. The van der Waals surface area contributed by atoms with Crippen LogP contribution in [0.1, 0.15) is 24.0 Å². The lowest BCUT2D eigenvalue weighted by Gasteiger charge is -2.26. The molecule has 22 heavy (non-hydrogen) atoms. The lowest BCUT2D eigenvalue weighted by atomic mass is 10.1. The maximum absolute atomic E-state index is 9.67. The molecule has 0 radical (unpaired) electrons. The molecule has 5 nitrogen and oxygen atoms in total. The van der Waals surface area contributed by atoms with Crippen LogP contribution in [0, 0.1) is 0 Å². The fourth-order valence-corrected chi connectivity index (χ4v) is 3.17. The van der Waals surface area contributed by atoms with Crippen molar-refractivity contribution in [3.63, 3.8) is 0 Å². The number of β-amino-alcohol motifs (C(OH)–C–C–N with tert-alkyl or cyclic N) is 1. The molecular formula is C17H26N4O. The van der Waals surface area contributed by atoms with E-state index in [1.807, 2.05) is 0 Å². The molecule has 2 heterocycles. The van der Waals surface area contributed by atoms with Gasteiger partial charge in [0.2, 0.25) is 0 Å². The van der Waals surface area contributed by atoms with Gasteiger partial charge in [-0.1, -0.05) is 24.3 Å². The summed E-state index contributed by atoms with van der Waals surface area (Å²) in [4.78, 5) is 9.07. The number of aliphatic hydroxyl groups is 1. The number of likely N-dealkylation sites (tertiary alicyclic amines) is 1. The molecule has 1 atom stereocenters. The second-order valence-electron chi connectivity index (χ2n) is 6.28. The highest BCUT2D eigenvalue weighted by molar-refractivity contribution is 5.80. The van der Waals surface area contributed by atoms with Crippen molar-refractivity contribution in [3.05, 3.63) is 35.4 Å². The standard InChI is InChI=1S/C17H26N4O/c1-20-9-4-8-18-17(20)19-11-14-5-2-3-6-15(14)12-21-10-7-16(22)13-21/h2-3,5-6,16,22H,4,7-13H2,1H3,(H,18,19). The van der Waals surface area contributed by atoms with E-state index in [-0.39, 0.29) is 6.10 Å². The second kappa shape index (κ2) is 7.11. The minimum atomic E-state index is -0.157. The predicted molar refractivity (Wildman–Crippen MR) is 88.7 cm³/mol. The molecule has 0 aromatic heterocycles. The van der Waals surface area contributed by atoms with Gasteiger partial charge < -0.3 is 15.3 Å². The van der Waals surface area contributed by atoms with Crippen LogP contribution >= 0.6 is 0 Å². The first-order valence-corrected chi connectivity index (χ1v) is 8.19. The van der Waals surface area contributed by atoms with E-state index in [2.05, 4.69) is 51.4 Å². The lowest BCUT2D eigenvalue weighted by Crippen LogP contribution is -2.41. The highest BCUT2D eigenvalue weighted by atomic mass is 16.3. The van der Waals surface area contributed by atoms with E-state index in [1.165, 1.54) is 11.1 Å². The number of aliphatic imine (C=N–C) groups is 1. The zero-order valence-corrected chi connectivity index (χ0v) is 13.3. The van der Waals surface area contributed by atoms with Crippen LogP contribution in [0.15, 0.2) is 29.3 Å². The van der Waals surface area contributed by atoms with Crippen molar-refractivity contribution in [1.29, 1.82) is 0 Å². The summed E-state index contributed by atoms with van der Waals surface area (Å²) in [6.45, 7) is 5.47. The second-order valence-corrected chi connectivity index (χ2v) is 6.28. The third kappa shape index (κ3) is 3.78. The summed E-state index contributed by atoms with van der Waals surface area (Å²) in [7, 11) is 2.09. The number of rotatable bonds is 4. The average Bonchev–Trinajstić information content (AvgIpc) is 2.93. The first kappa shape index (κ1) is 15.3. The van der Waals surface area contributed by atoms with Gasteiger partial charge in [-0.25, -0.2) is 0 Å². The molecule has 1 aromatic carbocycles. The van der Waals surface area contributed by atoms with Crippen LogP contribution in [-0.2, 0) is 13.1 Å². The van der Waals surface area contributed by atoms with Crippen LogP contribution in [0.2, 0.25) is 0 Å². The quantitative estimate of drug-likeness (QED) is 0.872. The van der Waals surface area contributed by atoms with E-state index in [4.69, 9.17) is 0 Å². The third-order valence-electron chi connectivity index (χ3n) is 4.47. The zero-order chi connectivity index (χ0) is 15.4. The maximum Gasteiger partial charge on any atom is 0.193 e. The van der Waals surface area contributed by atoms with E-state index in [0.29, 0.717) is 0 Å². The Kier molecular flexibility index (Phi) is 4.95. The molecule has 3 rings (SSSR count). The normalized spacial score (nSPS) is 22.7. The largest absolute Gasteiger partial charge is 0.392 e. The van der Waals surface area contributed by atoms with Crippen LogP contribution in [0.4, 0.5) is 0 Å². The highest BCUT2D eigenvalue weighted by Crippen LogP contribution is 2.16. The van der Waals surface area contributed by atoms with Crippen molar-refractivity contribution in [2.24, 2.45) is 4.99 Å². The van der Waals surface area contributed by atoms with Gasteiger partial charge in [0.15, 0.2) is 5.96 Å². The van der Waals surface area contributed by atoms with Gasteiger partial charge in [0.25, 0.3) is 0 Å². The summed E-state index contributed by atoms with van der Waals surface area (Å²) in [5, 5.41) is 13.1. The number of nitrogens with zero attached hydrogens (tertiary/aromatic N) is 3. The minimum Gasteiger partial charge on any atom is -0.392 e. The Hall–Kier alpha value is -1.59. The van der Waals surface area contributed by atoms with E-state index in [9.17, 15) is 5.11 Å². The Morgan fingerprint density at radius 1 is 1.27 bits per heavy atom. The molecule has 0 spiro atoms. The van der Waals surface area contributed by atoms with Crippen LogP contribution in [0.3, 0.4) is 0 Å². The maximum atomic E-state index is 9.67. The van der Waals surface area contributed by atoms with Gasteiger partial charge in [-0.2, -0.15) is 0 Å². The molecular weight excluding hydrogens is 276 g/mol. The van der Waals surface area contributed by atoms with Crippen molar-refractivity contribution >= 4 is 5.96 Å². The Balaban J connectivity index is 1.62. The molecule has 2 aliphatic rings.